The van der Waals surface area contributed by atoms with Crippen molar-refractivity contribution >= 4 is 17.4 Å². The standard InChI is InChI=1S/C21H22N4O2/c1-15-18(13-19(27-15)16-5-3-2-4-6-16)21(26)24-17-7-8-20(23-14-17)25-11-9-22-10-12-25/h2-8,13-14,22H,9-12H2,1H3,(H,24,26). The van der Waals surface area contributed by atoms with Crippen LogP contribution in [0.2, 0.25) is 0 Å². The summed E-state index contributed by atoms with van der Waals surface area (Å²) in [5.74, 6) is 2.01. The first-order chi connectivity index (χ1) is 13.2. The fraction of sp³-hybridized carbons (Fsp3) is 0.238. The summed E-state index contributed by atoms with van der Waals surface area (Å²) in [4.78, 5) is 19.4. The van der Waals surface area contributed by atoms with E-state index in [9.17, 15) is 4.79 Å². The van der Waals surface area contributed by atoms with Gasteiger partial charge in [-0.05, 0) is 25.1 Å². The van der Waals surface area contributed by atoms with E-state index in [0.717, 1.165) is 37.6 Å². The van der Waals surface area contributed by atoms with Crippen molar-refractivity contribution < 1.29 is 9.21 Å². The van der Waals surface area contributed by atoms with Crippen LogP contribution in [0, 0.1) is 6.92 Å². The van der Waals surface area contributed by atoms with E-state index in [1.807, 2.05) is 42.5 Å². The number of furan rings is 1. The number of aromatic nitrogens is 1. The topological polar surface area (TPSA) is 70.4 Å². The molecule has 27 heavy (non-hydrogen) atoms. The van der Waals surface area contributed by atoms with Gasteiger partial charge < -0.3 is 20.0 Å². The van der Waals surface area contributed by atoms with Gasteiger partial charge in [0.05, 0.1) is 17.4 Å². The second kappa shape index (κ2) is 7.63. The monoisotopic (exact) mass is 362 g/mol. The van der Waals surface area contributed by atoms with Gasteiger partial charge in [-0.2, -0.15) is 0 Å². The van der Waals surface area contributed by atoms with Crippen LogP contribution in [-0.2, 0) is 0 Å². The number of hydrogen-bond acceptors (Lipinski definition) is 5. The highest BCUT2D eigenvalue weighted by Gasteiger charge is 2.17. The first-order valence-corrected chi connectivity index (χ1v) is 9.09. The average Bonchev–Trinajstić information content (AvgIpc) is 3.12. The molecule has 1 amide bonds. The summed E-state index contributed by atoms with van der Waals surface area (Å²) in [6.45, 7) is 5.60. The number of nitrogens with one attached hydrogen (secondary N) is 2. The molecule has 1 aromatic carbocycles. The molecule has 0 unspecified atom stereocenters. The molecule has 0 saturated carbocycles. The SMILES string of the molecule is Cc1oc(-c2ccccc2)cc1C(=O)Nc1ccc(N2CCNCC2)nc1. The van der Waals surface area contributed by atoms with E-state index >= 15 is 0 Å². The predicted octanol–water partition coefficient (Wildman–Crippen LogP) is 3.31. The minimum absolute atomic E-state index is 0.199. The molecular weight excluding hydrogens is 340 g/mol. The van der Waals surface area contributed by atoms with Crippen LogP contribution in [0.5, 0.6) is 0 Å². The molecule has 2 N–H and O–H groups in total. The van der Waals surface area contributed by atoms with E-state index in [4.69, 9.17) is 4.42 Å². The van der Waals surface area contributed by atoms with Gasteiger partial charge in [-0.3, -0.25) is 4.79 Å². The number of aryl methyl sites for hydroxylation is 1. The number of nitrogens with zero attached hydrogens (tertiary/aromatic N) is 2. The number of benzene rings is 1. The molecule has 138 valence electrons. The summed E-state index contributed by atoms with van der Waals surface area (Å²) in [6.07, 6.45) is 1.70. The average molecular weight is 362 g/mol. The number of piperazine rings is 1. The van der Waals surface area contributed by atoms with Gasteiger partial charge in [0.2, 0.25) is 0 Å². The smallest absolute Gasteiger partial charge is 0.259 e. The Hall–Kier alpha value is -3.12. The number of rotatable bonds is 4. The first-order valence-electron chi connectivity index (χ1n) is 9.09. The molecule has 2 aromatic heterocycles. The summed E-state index contributed by atoms with van der Waals surface area (Å²) in [6, 6.07) is 15.4. The Labute approximate surface area is 158 Å². The van der Waals surface area contributed by atoms with Crippen LogP contribution in [-0.4, -0.2) is 37.1 Å². The Morgan fingerprint density at radius 3 is 2.63 bits per heavy atom. The zero-order valence-corrected chi connectivity index (χ0v) is 15.2. The molecule has 0 radical (unpaired) electrons. The van der Waals surface area contributed by atoms with Crippen LogP contribution in [0.25, 0.3) is 11.3 Å². The summed E-state index contributed by atoms with van der Waals surface area (Å²) < 4.78 is 5.77. The summed E-state index contributed by atoms with van der Waals surface area (Å²) in [5, 5.41) is 6.23. The van der Waals surface area contributed by atoms with Crippen molar-refractivity contribution in [2.45, 2.75) is 6.92 Å². The maximum absolute atomic E-state index is 12.6. The maximum Gasteiger partial charge on any atom is 0.259 e. The Balaban J connectivity index is 1.47. The highest BCUT2D eigenvalue weighted by molar-refractivity contribution is 6.05. The lowest BCUT2D eigenvalue weighted by Gasteiger charge is -2.28. The van der Waals surface area contributed by atoms with Crippen molar-refractivity contribution in [1.29, 1.82) is 0 Å². The summed E-state index contributed by atoms with van der Waals surface area (Å²) in [5.41, 5.74) is 2.14. The molecule has 1 saturated heterocycles. The van der Waals surface area contributed by atoms with Gasteiger partial charge >= 0.3 is 0 Å². The highest BCUT2D eigenvalue weighted by Crippen LogP contribution is 2.26. The minimum atomic E-state index is -0.199. The molecule has 1 fully saturated rings. The van der Waals surface area contributed by atoms with Crippen molar-refractivity contribution in [2.24, 2.45) is 0 Å². The van der Waals surface area contributed by atoms with E-state index < -0.39 is 0 Å². The Kier molecular flexibility index (Phi) is 4.89. The molecule has 0 aliphatic carbocycles. The van der Waals surface area contributed by atoms with Crippen LogP contribution < -0.4 is 15.5 Å². The number of pyridine rings is 1. The van der Waals surface area contributed by atoms with Crippen molar-refractivity contribution in [3.05, 3.63) is 66.1 Å². The first kappa shape index (κ1) is 17.3. The lowest BCUT2D eigenvalue weighted by molar-refractivity contribution is 0.102. The molecule has 3 heterocycles. The third-order valence-electron chi connectivity index (χ3n) is 4.67. The Morgan fingerprint density at radius 2 is 1.93 bits per heavy atom. The van der Waals surface area contributed by atoms with Crippen LogP contribution >= 0.6 is 0 Å². The van der Waals surface area contributed by atoms with E-state index in [1.165, 1.54) is 0 Å². The molecule has 6 nitrogen and oxygen atoms in total. The minimum Gasteiger partial charge on any atom is -0.461 e. The van der Waals surface area contributed by atoms with Gasteiger partial charge in [-0.25, -0.2) is 4.98 Å². The highest BCUT2D eigenvalue weighted by atomic mass is 16.3. The third kappa shape index (κ3) is 3.85. The van der Waals surface area contributed by atoms with E-state index in [1.54, 1.807) is 19.2 Å². The number of carbonyl (C=O) groups is 1. The summed E-state index contributed by atoms with van der Waals surface area (Å²) in [7, 11) is 0. The Bertz CT molecular complexity index is 913. The zero-order valence-electron chi connectivity index (χ0n) is 15.2. The van der Waals surface area contributed by atoms with Gasteiger partial charge in [0, 0.05) is 31.7 Å². The van der Waals surface area contributed by atoms with Crippen molar-refractivity contribution in [3.8, 4) is 11.3 Å². The molecule has 3 aromatic rings. The fourth-order valence-electron chi connectivity index (χ4n) is 3.19. The number of carbonyl (C=O) groups excluding carboxylic acids is 1. The molecule has 0 atom stereocenters. The quantitative estimate of drug-likeness (QED) is 0.745. The second-order valence-corrected chi connectivity index (χ2v) is 6.54. The lowest BCUT2D eigenvalue weighted by atomic mass is 10.1. The van der Waals surface area contributed by atoms with Crippen molar-refractivity contribution in [3.63, 3.8) is 0 Å². The number of hydrogen-bond donors (Lipinski definition) is 2. The molecule has 0 spiro atoms. The van der Waals surface area contributed by atoms with E-state index in [-0.39, 0.29) is 5.91 Å². The van der Waals surface area contributed by atoms with Gasteiger partial charge in [0.25, 0.3) is 5.91 Å². The molecule has 1 aliphatic heterocycles. The van der Waals surface area contributed by atoms with E-state index in [0.29, 0.717) is 22.8 Å². The maximum atomic E-state index is 12.6. The largest absolute Gasteiger partial charge is 0.461 e. The van der Waals surface area contributed by atoms with Gasteiger partial charge in [0.1, 0.15) is 17.3 Å². The lowest BCUT2D eigenvalue weighted by Crippen LogP contribution is -2.43. The molecule has 6 heteroatoms. The molecule has 1 aliphatic rings. The zero-order chi connectivity index (χ0) is 18.6. The number of anilines is 2. The van der Waals surface area contributed by atoms with Crippen LogP contribution in [0.1, 0.15) is 16.1 Å². The molecule has 0 bridgehead atoms. The van der Waals surface area contributed by atoms with Crippen molar-refractivity contribution in [2.75, 3.05) is 36.4 Å². The Morgan fingerprint density at radius 1 is 1.15 bits per heavy atom. The third-order valence-corrected chi connectivity index (χ3v) is 4.67. The van der Waals surface area contributed by atoms with Crippen LogP contribution in [0.3, 0.4) is 0 Å². The molecule has 4 rings (SSSR count). The normalized spacial score (nSPS) is 14.2. The summed E-state index contributed by atoms with van der Waals surface area (Å²) >= 11 is 0. The second-order valence-electron chi connectivity index (χ2n) is 6.54. The van der Waals surface area contributed by atoms with Crippen molar-refractivity contribution in [1.82, 2.24) is 10.3 Å². The van der Waals surface area contributed by atoms with Crippen LogP contribution in [0.15, 0.2) is 59.1 Å². The fourth-order valence-corrected chi connectivity index (χ4v) is 3.19. The van der Waals surface area contributed by atoms with Gasteiger partial charge in [-0.1, -0.05) is 30.3 Å². The van der Waals surface area contributed by atoms with Gasteiger partial charge in [0.15, 0.2) is 0 Å². The number of amides is 1. The molecular formula is C21H22N4O2. The van der Waals surface area contributed by atoms with Gasteiger partial charge in [-0.15, -0.1) is 0 Å². The van der Waals surface area contributed by atoms with E-state index in [2.05, 4.69) is 20.5 Å². The van der Waals surface area contributed by atoms with Crippen LogP contribution in [0.4, 0.5) is 11.5 Å². The predicted molar refractivity (Wildman–Crippen MR) is 106 cm³/mol.